The average Bonchev–Trinajstić information content (AvgIpc) is 2.34. The maximum Gasteiger partial charge on any atom is 0.416 e. The molecule has 0 amide bonds. The molecule has 1 rings (SSSR count). The van der Waals surface area contributed by atoms with Gasteiger partial charge in [-0.05, 0) is 17.7 Å². The summed E-state index contributed by atoms with van der Waals surface area (Å²) in [6.07, 6.45) is -3.53. The smallest absolute Gasteiger partial charge is 0.293 e. The third kappa shape index (κ3) is 3.68. The Kier molecular flexibility index (Phi) is 4.49. The second-order valence-electron chi connectivity index (χ2n) is 4.27. The molecule has 0 spiro atoms. The Balaban J connectivity index is 3.32. The van der Waals surface area contributed by atoms with Crippen LogP contribution in [-0.2, 0) is 11.0 Å². The average molecular weight is 267 g/mol. The van der Waals surface area contributed by atoms with Gasteiger partial charge in [-0.1, -0.05) is 32.0 Å². The molecule has 1 aromatic carbocycles. The lowest BCUT2D eigenvalue weighted by molar-refractivity contribution is -0.137. The topological polar surface area (TPSA) is 40.9 Å². The van der Waals surface area contributed by atoms with Crippen molar-refractivity contribution in [3.05, 3.63) is 41.0 Å². The molecular formula is C14H12F3NO. The van der Waals surface area contributed by atoms with Gasteiger partial charge in [0.05, 0.1) is 11.1 Å². The number of halogens is 3. The Bertz CT molecular complexity index is 551. The third-order valence-corrected chi connectivity index (χ3v) is 2.48. The Hall–Kier alpha value is -2.09. The van der Waals surface area contributed by atoms with Crippen LogP contribution in [0.4, 0.5) is 13.2 Å². The van der Waals surface area contributed by atoms with Gasteiger partial charge in [0.2, 0.25) is 0 Å². The van der Waals surface area contributed by atoms with Gasteiger partial charge < -0.3 is 0 Å². The zero-order chi connectivity index (χ0) is 14.6. The maximum absolute atomic E-state index is 12.8. The van der Waals surface area contributed by atoms with Crippen LogP contribution >= 0.6 is 0 Å². The minimum absolute atomic E-state index is 0.180. The molecule has 0 aromatic heterocycles. The standard InChI is InChI=1S/C14H12F3NO/c1-9(2)13(19)11(8-18)7-10-5-3-4-6-12(10)14(15,16)17/h3-7,9H,1-2H3/b11-7-. The van der Waals surface area contributed by atoms with Crippen LogP contribution in [0.3, 0.4) is 0 Å². The van der Waals surface area contributed by atoms with E-state index in [-0.39, 0.29) is 11.1 Å². The second-order valence-corrected chi connectivity index (χ2v) is 4.27. The fourth-order valence-electron chi connectivity index (χ4n) is 1.51. The van der Waals surface area contributed by atoms with E-state index in [0.717, 1.165) is 12.1 Å². The van der Waals surface area contributed by atoms with Gasteiger partial charge in [-0.15, -0.1) is 0 Å². The fourth-order valence-corrected chi connectivity index (χ4v) is 1.51. The highest BCUT2D eigenvalue weighted by atomic mass is 19.4. The van der Waals surface area contributed by atoms with E-state index in [1.807, 2.05) is 0 Å². The first-order chi connectivity index (χ1) is 8.77. The van der Waals surface area contributed by atoms with Crippen LogP contribution in [0.15, 0.2) is 29.8 Å². The van der Waals surface area contributed by atoms with E-state index in [0.29, 0.717) is 0 Å². The number of Topliss-reactive ketones (excluding diaryl/α,β-unsaturated/α-hetero) is 1. The highest BCUT2D eigenvalue weighted by Gasteiger charge is 2.32. The molecule has 0 radical (unpaired) electrons. The molecular weight excluding hydrogens is 255 g/mol. The molecule has 0 heterocycles. The number of ketones is 1. The Morgan fingerprint density at radius 3 is 2.37 bits per heavy atom. The Morgan fingerprint density at radius 2 is 1.89 bits per heavy atom. The molecule has 0 fully saturated rings. The minimum Gasteiger partial charge on any atom is -0.293 e. The zero-order valence-electron chi connectivity index (χ0n) is 10.5. The number of carbonyl (C=O) groups is 1. The predicted molar refractivity (Wildman–Crippen MR) is 64.9 cm³/mol. The summed E-state index contributed by atoms with van der Waals surface area (Å²) in [4.78, 5) is 11.7. The second kappa shape index (κ2) is 5.70. The quantitative estimate of drug-likeness (QED) is 0.616. The molecule has 0 bridgehead atoms. The molecule has 0 unspecified atom stereocenters. The molecule has 0 aliphatic carbocycles. The normalized spacial score (nSPS) is 12.4. The predicted octanol–water partition coefficient (Wildman–Crippen LogP) is 3.84. The molecule has 0 aliphatic heterocycles. The molecule has 0 saturated heterocycles. The van der Waals surface area contributed by atoms with Crippen molar-refractivity contribution < 1.29 is 18.0 Å². The van der Waals surface area contributed by atoms with Gasteiger partial charge in [0.15, 0.2) is 5.78 Å². The molecule has 100 valence electrons. The van der Waals surface area contributed by atoms with Gasteiger partial charge in [0.1, 0.15) is 6.07 Å². The highest BCUT2D eigenvalue weighted by molar-refractivity contribution is 6.04. The van der Waals surface area contributed by atoms with Crippen molar-refractivity contribution in [2.24, 2.45) is 5.92 Å². The van der Waals surface area contributed by atoms with E-state index in [1.54, 1.807) is 19.9 Å². The van der Waals surface area contributed by atoms with Gasteiger partial charge in [-0.25, -0.2) is 0 Å². The van der Waals surface area contributed by atoms with Crippen LogP contribution in [0.1, 0.15) is 25.0 Å². The SMILES string of the molecule is CC(C)C(=O)/C(C#N)=C\c1ccccc1C(F)(F)F. The minimum atomic E-state index is -4.52. The lowest BCUT2D eigenvalue weighted by atomic mass is 9.98. The first kappa shape index (κ1) is 15.0. The summed E-state index contributed by atoms with van der Waals surface area (Å²) >= 11 is 0. The first-order valence-electron chi connectivity index (χ1n) is 5.59. The summed E-state index contributed by atoms with van der Waals surface area (Å²) in [6.45, 7) is 3.17. The van der Waals surface area contributed by atoms with Crippen molar-refractivity contribution in [3.63, 3.8) is 0 Å². The van der Waals surface area contributed by atoms with Gasteiger partial charge in [0, 0.05) is 5.92 Å². The van der Waals surface area contributed by atoms with Gasteiger partial charge in [-0.3, -0.25) is 4.79 Å². The lowest BCUT2D eigenvalue weighted by Crippen LogP contribution is -2.10. The van der Waals surface area contributed by atoms with Crippen molar-refractivity contribution in [1.82, 2.24) is 0 Å². The number of nitriles is 1. The van der Waals surface area contributed by atoms with Crippen LogP contribution in [0.2, 0.25) is 0 Å². The van der Waals surface area contributed by atoms with E-state index in [4.69, 9.17) is 5.26 Å². The molecule has 0 atom stereocenters. The van der Waals surface area contributed by atoms with E-state index in [9.17, 15) is 18.0 Å². The van der Waals surface area contributed by atoms with Crippen LogP contribution < -0.4 is 0 Å². The summed E-state index contributed by atoms with van der Waals surface area (Å²) in [6, 6.07) is 6.49. The number of nitrogens with zero attached hydrogens (tertiary/aromatic N) is 1. The zero-order valence-corrected chi connectivity index (χ0v) is 10.5. The fraction of sp³-hybridized carbons (Fsp3) is 0.286. The molecule has 1 aromatic rings. The van der Waals surface area contributed by atoms with E-state index in [2.05, 4.69) is 0 Å². The summed E-state index contributed by atoms with van der Waals surface area (Å²) in [5, 5.41) is 8.88. The number of allylic oxidation sites excluding steroid dienone is 1. The van der Waals surface area contributed by atoms with Crippen molar-refractivity contribution in [1.29, 1.82) is 5.26 Å². The Labute approximate surface area is 109 Å². The monoisotopic (exact) mass is 267 g/mol. The number of hydrogen-bond acceptors (Lipinski definition) is 2. The summed E-state index contributed by atoms with van der Waals surface area (Å²) in [5.74, 6) is -0.913. The summed E-state index contributed by atoms with van der Waals surface area (Å²) in [5.41, 5.74) is -1.31. The van der Waals surface area contributed by atoms with Gasteiger partial charge in [-0.2, -0.15) is 18.4 Å². The molecule has 19 heavy (non-hydrogen) atoms. The number of carbonyl (C=O) groups excluding carboxylic acids is 1. The summed E-state index contributed by atoms with van der Waals surface area (Å²) < 4.78 is 38.3. The van der Waals surface area contributed by atoms with E-state index in [1.165, 1.54) is 18.2 Å². The molecule has 0 saturated carbocycles. The number of rotatable bonds is 3. The molecule has 2 nitrogen and oxygen atoms in total. The van der Waals surface area contributed by atoms with Gasteiger partial charge in [0.25, 0.3) is 0 Å². The van der Waals surface area contributed by atoms with Crippen molar-refractivity contribution in [2.75, 3.05) is 0 Å². The summed E-state index contributed by atoms with van der Waals surface area (Å²) in [7, 11) is 0. The molecule has 0 aliphatic rings. The van der Waals surface area contributed by atoms with Crippen LogP contribution in [0, 0.1) is 17.2 Å². The third-order valence-electron chi connectivity index (χ3n) is 2.48. The van der Waals surface area contributed by atoms with E-state index < -0.39 is 23.4 Å². The van der Waals surface area contributed by atoms with Crippen molar-refractivity contribution >= 4 is 11.9 Å². The Morgan fingerprint density at radius 1 is 1.32 bits per heavy atom. The largest absolute Gasteiger partial charge is 0.416 e. The lowest BCUT2D eigenvalue weighted by Gasteiger charge is -2.10. The number of hydrogen-bond donors (Lipinski definition) is 0. The molecule has 5 heteroatoms. The number of alkyl halides is 3. The van der Waals surface area contributed by atoms with E-state index >= 15 is 0 Å². The van der Waals surface area contributed by atoms with Gasteiger partial charge >= 0.3 is 6.18 Å². The van der Waals surface area contributed by atoms with Crippen molar-refractivity contribution in [3.8, 4) is 6.07 Å². The number of benzene rings is 1. The van der Waals surface area contributed by atoms with Crippen LogP contribution in [0.25, 0.3) is 6.08 Å². The first-order valence-corrected chi connectivity index (χ1v) is 5.59. The highest BCUT2D eigenvalue weighted by Crippen LogP contribution is 2.32. The molecule has 0 N–H and O–H groups in total. The van der Waals surface area contributed by atoms with Crippen LogP contribution in [0.5, 0.6) is 0 Å². The van der Waals surface area contributed by atoms with Crippen molar-refractivity contribution in [2.45, 2.75) is 20.0 Å². The van der Waals surface area contributed by atoms with Crippen LogP contribution in [-0.4, -0.2) is 5.78 Å². The maximum atomic E-state index is 12.8.